The van der Waals surface area contributed by atoms with Gasteiger partial charge in [-0.1, -0.05) is 49.6 Å². The maximum absolute atomic E-state index is 11.6. The van der Waals surface area contributed by atoms with Gasteiger partial charge in [0.2, 0.25) is 5.91 Å². The van der Waals surface area contributed by atoms with Gasteiger partial charge in [0, 0.05) is 5.70 Å². The van der Waals surface area contributed by atoms with E-state index in [1.165, 1.54) is 0 Å². The standard InChI is InChI=1S/C16H22N2O/c1-5-9-13(10-6-2)15(16(17)19)18-14(11-7-3)12-8-4/h5-12,15,18H,1,3H2,2,4H3,(H2,17,19)/b10-6-,12-8-,13-9+,14-11+. The molecule has 0 aliphatic heterocycles. The van der Waals surface area contributed by atoms with Gasteiger partial charge in [0.1, 0.15) is 6.04 Å². The van der Waals surface area contributed by atoms with Crippen molar-refractivity contribution in [2.24, 2.45) is 5.73 Å². The Hall–Kier alpha value is -2.29. The van der Waals surface area contributed by atoms with Crippen LogP contribution in [0.3, 0.4) is 0 Å². The Morgan fingerprint density at radius 1 is 1.11 bits per heavy atom. The van der Waals surface area contributed by atoms with Gasteiger partial charge in [-0.05, 0) is 31.6 Å². The minimum atomic E-state index is -0.614. The van der Waals surface area contributed by atoms with E-state index in [1.807, 2.05) is 38.2 Å². The van der Waals surface area contributed by atoms with Gasteiger partial charge < -0.3 is 11.1 Å². The summed E-state index contributed by atoms with van der Waals surface area (Å²) in [5, 5.41) is 3.09. The third-order valence-corrected chi connectivity index (χ3v) is 2.24. The zero-order chi connectivity index (χ0) is 14.7. The first-order chi connectivity index (χ1) is 9.10. The predicted molar refractivity (Wildman–Crippen MR) is 82.3 cm³/mol. The summed E-state index contributed by atoms with van der Waals surface area (Å²) in [5.74, 6) is -0.453. The predicted octanol–water partition coefficient (Wildman–Crippen LogP) is 2.76. The average molecular weight is 258 g/mol. The molecule has 0 aromatic rings. The summed E-state index contributed by atoms with van der Waals surface area (Å²) in [6, 6.07) is -0.614. The molecule has 1 amide bonds. The van der Waals surface area contributed by atoms with Crippen molar-refractivity contribution >= 4 is 5.91 Å². The number of allylic oxidation sites excluding steroid dienone is 7. The van der Waals surface area contributed by atoms with E-state index < -0.39 is 11.9 Å². The second-order valence-corrected chi connectivity index (χ2v) is 3.74. The Balaban J connectivity index is 5.37. The number of carbonyl (C=O) groups excluding carboxylic acids is 1. The van der Waals surface area contributed by atoms with Crippen LogP contribution in [0.4, 0.5) is 0 Å². The lowest BCUT2D eigenvalue weighted by Gasteiger charge is -2.18. The summed E-state index contributed by atoms with van der Waals surface area (Å²) in [6.45, 7) is 11.1. The maximum Gasteiger partial charge on any atom is 0.244 e. The summed E-state index contributed by atoms with van der Waals surface area (Å²) in [7, 11) is 0. The van der Waals surface area contributed by atoms with Gasteiger partial charge in [-0.15, -0.1) is 0 Å². The minimum Gasteiger partial charge on any atom is -0.370 e. The molecule has 0 saturated heterocycles. The van der Waals surface area contributed by atoms with Crippen LogP contribution in [0.1, 0.15) is 13.8 Å². The van der Waals surface area contributed by atoms with E-state index >= 15 is 0 Å². The molecule has 0 radical (unpaired) electrons. The van der Waals surface area contributed by atoms with Crippen molar-refractivity contribution in [1.82, 2.24) is 5.32 Å². The molecule has 19 heavy (non-hydrogen) atoms. The number of nitrogens with two attached hydrogens (primary N) is 1. The molecule has 3 N–H and O–H groups in total. The van der Waals surface area contributed by atoms with E-state index in [1.54, 1.807) is 24.3 Å². The van der Waals surface area contributed by atoms with Crippen LogP contribution < -0.4 is 11.1 Å². The Morgan fingerprint density at radius 2 is 1.68 bits per heavy atom. The van der Waals surface area contributed by atoms with Gasteiger partial charge in [-0.3, -0.25) is 4.79 Å². The van der Waals surface area contributed by atoms with Crippen LogP contribution in [0.25, 0.3) is 0 Å². The molecule has 3 heteroatoms. The van der Waals surface area contributed by atoms with E-state index in [4.69, 9.17) is 5.73 Å². The zero-order valence-corrected chi connectivity index (χ0v) is 11.6. The fourth-order valence-electron chi connectivity index (χ4n) is 1.52. The Morgan fingerprint density at radius 3 is 2.11 bits per heavy atom. The molecule has 0 spiro atoms. The lowest BCUT2D eigenvalue weighted by Crippen LogP contribution is -2.41. The molecule has 0 aromatic carbocycles. The van der Waals surface area contributed by atoms with Crippen molar-refractivity contribution in [3.05, 3.63) is 73.0 Å². The molecule has 0 heterocycles. The van der Waals surface area contributed by atoms with Crippen LogP contribution in [-0.4, -0.2) is 11.9 Å². The molecule has 0 rings (SSSR count). The molecule has 0 aliphatic carbocycles. The van der Waals surface area contributed by atoms with Crippen molar-refractivity contribution in [2.75, 3.05) is 0 Å². The van der Waals surface area contributed by atoms with Crippen molar-refractivity contribution in [3.63, 3.8) is 0 Å². The fourth-order valence-corrected chi connectivity index (χ4v) is 1.52. The lowest BCUT2D eigenvalue weighted by atomic mass is 10.0. The van der Waals surface area contributed by atoms with Crippen molar-refractivity contribution in [3.8, 4) is 0 Å². The quantitative estimate of drug-likeness (QED) is 0.658. The minimum absolute atomic E-state index is 0.453. The molecule has 1 atom stereocenters. The fraction of sp³-hybridized carbons (Fsp3) is 0.188. The third-order valence-electron chi connectivity index (χ3n) is 2.24. The summed E-state index contributed by atoms with van der Waals surface area (Å²) in [4.78, 5) is 11.6. The van der Waals surface area contributed by atoms with Crippen LogP contribution in [0.2, 0.25) is 0 Å². The summed E-state index contributed by atoms with van der Waals surface area (Å²) in [5.41, 5.74) is 6.97. The molecule has 0 aliphatic rings. The van der Waals surface area contributed by atoms with Crippen LogP contribution >= 0.6 is 0 Å². The van der Waals surface area contributed by atoms with Crippen molar-refractivity contribution in [2.45, 2.75) is 19.9 Å². The van der Waals surface area contributed by atoms with E-state index in [9.17, 15) is 4.79 Å². The second kappa shape index (κ2) is 9.71. The van der Waals surface area contributed by atoms with Gasteiger partial charge in [-0.2, -0.15) is 0 Å². The number of amides is 1. The van der Waals surface area contributed by atoms with Gasteiger partial charge in [0.25, 0.3) is 0 Å². The van der Waals surface area contributed by atoms with Gasteiger partial charge in [0.05, 0.1) is 0 Å². The van der Waals surface area contributed by atoms with E-state index in [0.717, 1.165) is 11.3 Å². The largest absolute Gasteiger partial charge is 0.370 e. The first kappa shape index (κ1) is 16.7. The zero-order valence-electron chi connectivity index (χ0n) is 11.6. The Kier molecular flexibility index (Phi) is 8.54. The van der Waals surface area contributed by atoms with Gasteiger partial charge >= 0.3 is 0 Å². The number of hydrogen-bond donors (Lipinski definition) is 2. The normalized spacial score (nSPS) is 14.6. The molecule has 0 saturated carbocycles. The first-order valence-electron chi connectivity index (χ1n) is 6.07. The summed E-state index contributed by atoms with van der Waals surface area (Å²) < 4.78 is 0. The highest BCUT2D eigenvalue weighted by Gasteiger charge is 2.18. The third kappa shape index (κ3) is 6.27. The second-order valence-electron chi connectivity index (χ2n) is 3.74. The summed E-state index contributed by atoms with van der Waals surface area (Å²) >= 11 is 0. The Bertz CT molecular complexity index is 440. The van der Waals surface area contributed by atoms with Crippen LogP contribution in [0.5, 0.6) is 0 Å². The van der Waals surface area contributed by atoms with E-state index in [-0.39, 0.29) is 0 Å². The number of hydrogen-bond acceptors (Lipinski definition) is 2. The molecular weight excluding hydrogens is 236 g/mol. The monoisotopic (exact) mass is 258 g/mol. The smallest absolute Gasteiger partial charge is 0.244 e. The highest BCUT2D eigenvalue weighted by Crippen LogP contribution is 2.08. The van der Waals surface area contributed by atoms with Crippen LogP contribution in [0, 0.1) is 0 Å². The average Bonchev–Trinajstić information content (AvgIpc) is 2.36. The number of primary amides is 1. The number of carbonyl (C=O) groups is 1. The highest BCUT2D eigenvalue weighted by molar-refractivity contribution is 5.84. The summed E-state index contributed by atoms with van der Waals surface area (Å²) in [6.07, 6.45) is 14.2. The lowest BCUT2D eigenvalue weighted by molar-refractivity contribution is -0.118. The van der Waals surface area contributed by atoms with E-state index in [0.29, 0.717) is 0 Å². The Labute approximate surface area is 115 Å². The van der Waals surface area contributed by atoms with Gasteiger partial charge in [-0.25, -0.2) is 0 Å². The molecule has 0 aromatic heterocycles. The molecule has 0 bridgehead atoms. The molecule has 102 valence electrons. The highest BCUT2D eigenvalue weighted by atomic mass is 16.1. The number of rotatable bonds is 8. The SMILES string of the molecule is C=C/C=C(\C=C/C)NC(C(N)=O)C(/C=C\C)=C/C=C. The molecule has 1 unspecified atom stereocenters. The number of nitrogens with one attached hydrogen (secondary N) is 1. The van der Waals surface area contributed by atoms with Crippen LogP contribution in [0.15, 0.2) is 73.0 Å². The molecular formula is C16H22N2O. The van der Waals surface area contributed by atoms with E-state index in [2.05, 4.69) is 18.5 Å². The van der Waals surface area contributed by atoms with Crippen LogP contribution in [-0.2, 0) is 4.79 Å². The van der Waals surface area contributed by atoms with Crippen molar-refractivity contribution in [1.29, 1.82) is 0 Å². The molecule has 3 nitrogen and oxygen atoms in total. The topological polar surface area (TPSA) is 55.1 Å². The molecule has 0 fully saturated rings. The maximum atomic E-state index is 11.6. The first-order valence-corrected chi connectivity index (χ1v) is 6.07. The van der Waals surface area contributed by atoms with Crippen molar-refractivity contribution < 1.29 is 4.79 Å². The van der Waals surface area contributed by atoms with Gasteiger partial charge in [0.15, 0.2) is 0 Å².